The first-order chi connectivity index (χ1) is 21.1. The molecule has 2 N–H and O–H groups in total. The van der Waals surface area contributed by atoms with E-state index in [0.29, 0.717) is 22.6 Å². The molecule has 5 heteroatoms. The lowest BCUT2D eigenvalue weighted by Gasteiger charge is -2.13. The number of rotatable bonds is 6. The number of amides is 1. The third kappa shape index (κ3) is 5.27. The lowest BCUT2D eigenvalue weighted by Crippen LogP contribution is -2.10. The van der Waals surface area contributed by atoms with Gasteiger partial charge in [0.05, 0.1) is 6.20 Å². The fourth-order valence-electron chi connectivity index (χ4n) is 5.30. The van der Waals surface area contributed by atoms with Gasteiger partial charge in [-0.2, -0.15) is 0 Å². The van der Waals surface area contributed by atoms with E-state index in [0.717, 1.165) is 33.2 Å². The van der Waals surface area contributed by atoms with Crippen LogP contribution in [0.25, 0.3) is 55.6 Å². The van der Waals surface area contributed by atoms with Crippen LogP contribution in [0.3, 0.4) is 0 Å². The number of oxazole rings is 1. The summed E-state index contributed by atoms with van der Waals surface area (Å²) in [6, 6.07) is 45.2. The van der Waals surface area contributed by atoms with Crippen molar-refractivity contribution in [1.82, 2.24) is 4.98 Å². The zero-order chi connectivity index (χ0) is 29.2. The maximum absolute atomic E-state index is 12.7. The van der Waals surface area contributed by atoms with E-state index in [9.17, 15) is 9.90 Å². The summed E-state index contributed by atoms with van der Waals surface area (Å²) in [5.41, 5.74) is 6.57. The molecule has 0 saturated heterocycles. The summed E-state index contributed by atoms with van der Waals surface area (Å²) in [6.45, 7) is 0. The van der Waals surface area contributed by atoms with Gasteiger partial charge in [-0.3, -0.25) is 10.1 Å². The summed E-state index contributed by atoms with van der Waals surface area (Å²) in [7, 11) is 0. The van der Waals surface area contributed by atoms with Crippen LogP contribution in [-0.4, -0.2) is 16.0 Å². The summed E-state index contributed by atoms with van der Waals surface area (Å²) in [6.07, 6.45) is 1.49. The Morgan fingerprint density at radius 2 is 1.21 bits per heavy atom. The Morgan fingerprint density at radius 1 is 0.581 bits per heavy atom. The average Bonchev–Trinajstić information content (AvgIpc) is 3.53. The summed E-state index contributed by atoms with van der Waals surface area (Å²) in [4.78, 5) is 17.2. The molecule has 0 saturated carbocycles. The molecule has 6 aromatic carbocycles. The SMILES string of the molecule is O=C(Nc1cnc(-c2ccc(-c3ccccc3)cc2-c2ccc(-c3ccc4ccccc4c3)cc2O)o1)c1ccccc1. The van der Waals surface area contributed by atoms with Crippen LogP contribution in [-0.2, 0) is 0 Å². The van der Waals surface area contributed by atoms with Gasteiger partial charge in [-0.1, -0.05) is 103 Å². The number of hydrogen-bond acceptors (Lipinski definition) is 4. The maximum Gasteiger partial charge on any atom is 0.258 e. The van der Waals surface area contributed by atoms with Crippen LogP contribution in [0.4, 0.5) is 5.88 Å². The van der Waals surface area contributed by atoms with Gasteiger partial charge < -0.3 is 9.52 Å². The first-order valence-corrected chi connectivity index (χ1v) is 14.0. The molecule has 0 aliphatic rings. The number of fused-ring (bicyclic) bond motifs is 1. The Morgan fingerprint density at radius 3 is 1.98 bits per heavy atom. The highest BCUT2D eigenvalue weighted by Gasteiger charge is 2.18. The van der Waals surface area contributed by atoms with Gasteiger partial charge in [-0.05, 0) is 75.0 Å². The molecule has 0 spiro atoms. The minimum Gasteiger partial charge on any atom is -0.507 e. The maximum atomic E-state index is 12.7. The predicted octanol–water partition coefficient (Wildman–Crippen LogP) is 9.45. The number of phenols is 1. The van der Waals surface area contributed by atoms with Gasteiger partial charge in [0.25, 0.3) is 5.91 Å². The zero-order valence-electron chi connectivity index (χ0n) is 23.1. The molecule has 1 amide bonds. The van der Waals surface area contributed by atoms with Gasteiger partial charge in [0.1, 0.15) is 5.75 Å². The second kappa shape index (κ2) is 11.1. The molecule has 0 fully saturated rings. The van der Waals surface area contributed by atoms with Gasteiger partial charge in [-0.15, -0.1) is 0 Å². The van der Waals surface area contributed by atoms with Crippen LogP contribution < -0.4 is 5.32 Å². The molecular weight excluding hydrogens is 532 g/mol. The standard InChI is InChI=1S/C38H26N2O3/c41-35-23-31(29-16-15-26-11-7-8-14-28(26)21-29)17-19-32(35)34-22-30(25-9-3-1-4-10-25)18-20-33(34)38-39-24-36(43-38)40-37(42)27-12-5-2-6-13-27/h1-24,41H,(H,40,42). The van der Waals surface area contributed by atoms with Crippen LogP contribution in [0, 0.1) is 0 Å². The number of aromatic hydroxyl groups is 1. The van der Waals surface area contributed by atoms with Crippen molar-refractivity contribution in [3.63, 3.8) is 0 Å². The molecule has 206 valence electrons. The minimum atomic E-state index is -0.287. The van der Waals surface area contributed by atoms with Gasteiger partial charge in [0.2, 0.25) is 11.8 Å². The molecule has 7 aromatic rings. The van der Waals surface area contributed by atoms with E-state index in [2.05, 4.69) is 40.6 Å². The van der Waals surface area contributed by atoms with Crippen molar-refractivity contribution in [3.8, 4) is 50.6 Å². The van der Waals surface area contributed by atoms with E-state index in [1.165, 1.54) is 11.6 Å². The first kappa shape index (κ1) is 26.0. The Bertz CT molecular complexity index is 2080. The smallest absolute Gasteiger partial charge is 0.258 e. The number of benzene rings is 6. The summed E-state index contributed by atoms with van der Waals surface area (Å²) in [5.74, 6) is 0.417. The summed E-state index contributed by atoms with van der Waals surface area (Å²) >= 11 is 0. The summed E-state index contributed by atoms with van der Waals surface area (Å²) in [5, 5.41) is 16.5. The molecule has 7 rings (SSSR count). The zero-order valence-corrected chi connectivity index (χ0v) is 23.1. The van der Waals surface area contributed by atoms with E-state index in [4.69, 9.17) is 4.42 Å². The Kier molecular flexibility index (Phi) is 6.74. The highest BCUT2D eigenvalue weighted by Crippen LogP contribution is 2.41. The molecule has 1 heterocycles. The van der Waals surface area contributed by atoms with Gasteiger partial charge >= 0.3 is 0 Å². The normalized spacial score (nSPS) is 11.0. The second-order valence-electron chi connectivity index (χ2n) is 10.3. The molecule has 0 bridgehead atoms. The molecule has 5 nitrogen and oxygen atoms in total. The topological polar surface area (TPSA) is 75.4 Å². The minimum absolute atomic E-state index is 0.140. The van der Waals surface area contributed by atoms with E-state index in [1.807, 2.05) is 78.9 Å². The van der Waals surface area contributed by atoms with Crippen LogP contribution in [0.2, 0.25) is 0 Å². The Hall–Kier alpha value is -5.94. The van der Waals surface area contributed by atoms with Crippen molar-refractivity contribution < 1.29 is 14.3 Å². The number of aromatic nitrogens is 1. The first-order valence-electron chi connectivity index (χ1n) is 14.0. The van der Waals surface area contributed by atoms with Gasteiger partial charge in [-0.25, -0.2) is 4.98 Å². The number of nitrogens with one attached hydrogen (secondary N) is 1. The number of nitrogens with zero attached hydrogens (tertiary/aromatic N) is 1. The van der Waals surface area contributed by atoms with Gasteiger partial charge in [0.15, 0.2) is 0 Å². The molecule has 0 aliphatic heterocycles. The highest BCUT2D eigenvalue weighted by atomic mass is 16.4. The van der Waals surface area contributed by atoms with E-state index in [1.54, 1.807) is 30.3 Å². The van der Waals surface area contributed by atoms with Crippen molar-refractivity contribution in [1.29, 1.82) is 0 Å². The number of carbonyl (C=O) groups excluding carboxylic acids is 1. The number of hydrogen-bond donors (Lipinski definition) is 2. The second-order valence-corrected chi connectivity index (χ2v) is 10.3. The number of anilines is 1. The van der Waals surface area contributed by atoms with Crippen LogP contribution in [0.15, 0.2) is 150 Å². The van der Waals surface area contributed by atoms with Gasteiger partial charge in [0, 0.05) is 16.7 Å². The van der Waals surface area contributed by atoms with Crippen molar-refractivity contribution in [2.75, 3.05) is 5.32 Å². The average molecular weight is 559 g/mol. The van der Waals surface area contributed by atoms with E-state index in [-0.39, 0.29) is 17.5 Å². The van der Waals surface area contributed by atoms with Crippen LogP contribution >= 0.6 is 0 Å². The lowest BCUT2D eigenvalue weighted by molar-refractivity contribution is 0.102. The monoisotopic (exact) mass is 558 g/mol. The third-order valence-electron chi connectivity index (χ3n) is 7.51. The Balaban J connectivity index is 1.28. The van der Waals surface area contributed by atoms with Crippen molar-refractivity contribution in [2.45, 2.75) is 0 Å². The lowest BCUT2D eigenvalue weighted by atomic mass is 9.92. The number of phenolic OH excluding ortho intramolecular Hbond substituents is 1. The van der Waals surface area contributed by atoms with E-state index >= 15 is 0 Å². The summed E-state index contributed by atoms with van der Waals surface area (Å²) < 4.78 is 6.02. The molecule has 0 aliphatic carbocycles. The van der Waals surface area contributed by atoms with Crippen LogP contribution in [0.1, 0.15) is 10.4 Å². The molecule has 0 radical (unpaired) electrons. The fraction of sp³-hybridized carbons (Fsp3) is 0. The molecule has 1 aromatic heterocycles. The molecular formula is C38H26N2O3. The molecule has 0 unspecified atom stereocenters. The van der Waals surface area contributed by atoms with E-state index < -0.39 is 0 Å². The predicted molar refractivity (Wildman–Crippen MR) is 172 cm³/mol. The molecule has 0 atom stereocenters. The molecule has 43 heavy (non-hydrogen) atoms. The highest BCUT2D eigenvalue weighted by molar-refractivity contribution is 6.03. The van der Waals surface area contributed by atoms with Crippen molar-refractivity contribution >= 4 is 22.6 Å². The Labute approximate surface area is 248 Å². The largest absolute Gasteiger partial charge is 0.507 e. The number of carbonyl (C=O) groups is 1. The van der Waals surface area contributed by atoms with Crippen LogP contribution in [0.5, 0.6) is 5.75 Å². The third-order valence-corrected chi connectivity index (χ3v) is 7.51. The fourth-order valence-corrected chi connectivity index (χ4v) is 5.30. The quantitative estimate of drug-likeness (QED) is 0.213. The van der Waals surface area contributed by atoms with Crippen molar-refractivity contribution in [2.24, 2.45) is 0 Å². The van der Waals surface area contributed by atoms with Crippen molar-refractivity contribution in [3.05, 3.63) is 151 Å².